The van der Waals surface area contributed by atoms with Gasteiger partial charge in [0.25, 0.3) is 0 Å². The third-order valence-electron chi connectivity index (χ3n) is 4.46. The summed E-state index contributed by atoms with van der Waals surface area (Å²) in [5, 5.41) is 0. The van der Waals surface area contributed by atoms with Crippen LogP contribution in [0.4, 0.5) is 0 Å². The molecule has 0 atom stereocenters. The fourth-order valence-electron chi connectivity index (χ4n) is 3.10. The first-order valence-electron chi connectivity index (χ1n) is 7.32. The molecule has 20 heavy (non-hydrogen) atoms. The van der Waals surface area contributed by atoms with Gasteiger partial charge in [0, 0.05) is 18.5 Å². The smallest absolute Gasteiger partial charge is 0.207 e. The van der Waals surface area contributed by atoms with E-state index in [9.17, 15) is 8.42 Å². The number of fused-ring (bicyclic) bond motifs is 1. The average Bonchev–Trinajstić information content (AvgIpc) is 2.83. The van der Waals surface area contributed by atoms with Crippen molar-refractivity contribution in [2.75, 3.05) is 12.4 Å². The van der Waals surface area contributed by atoms with E-state index in [2.05, 4.69) is 0 Å². The Bertz CT molecular complexity index is 596. The summed E-state index contributed by atoms with van der Waals surface area (Å²) >= 11 is 5.80. The van der Waals surface area contributed by atoms with E-state index in [0.29, 0.717) is 17.3 Å². The number of benzene rings is 1. The van der Waals surface area contributed by atoms with Gasteiger partial charge in [-0.05, 0) is 55.4 Å². The van der Waals surface area contributed by atoms with Gasteiger partial charge in [-0.25, -0.2) is 8.42 Å². The molecule has 1 saturated carbocycles. The Kier molecular flexibility index (Phi) is 4.07. The van der Waals surface area contributed by atoms with Crippen LogP contribution in [0.15, 0.2) is 23.1 Å². The van der Waals surface area contributed by atoms with Gasteiger partial charge in [-0.2, -0.15) is 4.31 Å². The Hall–Kier alpha value is -0.580. The molecule has 0 bridgehead atoms. The van der Waals surface area contributed by atoms with Crippen molar-refractivity contribution >= 4 is 21.6 Å². The van der Waals surface area contributed by atoms with Crippen LogP contribution in [0.2, 0.25) is 0 Å². The van der Waals surface area contributed by atoms with Crippen LogP contribution < -0.4 is 0 Å². The van der Waals surface area contributed by atoms with Crippen molar-refractivity contribution in [3.8, 4) is 0 Å². The molecule has 0 aliphatic heterocycles. The molecule has 3 nitrogen and oxygen atoms in total. The number of hydrogen-bond acceptors (Lipinski definition) is 2. The number of hydrogen-bond donors (Lipinski definition) is 0. The van der Waals surface area contributed by atoms with Crippen LogP contribution in [-0.2, 0) is 22.9 Å². The Morgan fingerprint density at radius 2 is 1.90 bits per heavy atom. The number of nitrogens with zero attached hydrogens (tertiary/aromatic N) is 1. The number of aryl methyl sites for hydroxylation is 2. The fourth-order valence-corrected chi connectivity index (χ4v) is 5.12. The van der Waals surface area contributed by atoms with Crippen LogP contribution >= 0.6 is 11.6 Å². The molecular weight excluding hydrogens is 294 g/mol. The quantitative estimate of drug-likeness (QED) is 0.784. The van der Waals surface area contributed by atoms with Gasteiger partial charge < -0.3 is 0 Å². The van der Waals surface area contributed by atoms with Crippen molar-refractivity contribution in [2.24, 2.45) is 0 Å². The van der Waals surface area contributed by atoms with Gasteiger partial charge in [-0.1, -0.05) is 12.5 Å². The van der Waals surface area contributed by atoms with E-state index < -0.39 is 10.0 Å². The minimum absolute atomic E-state index is 0.145. The summed E-state index contributed by atoms with van der Waals surface area (Å²) in [6.07, 6.45) is 6.24. The SMILES string of the molecule is O=S(=O)(c1ccc2c(c1)CCC2)N(CCCl)C1CCC1. The molecule has 0 heterocycles. The lowest BCUT2D eigenvalue weighted by atomic mass is 9.93. The van der Waals surface area contributed by atoms with Crippen LogP contribution in [0, 0.1) is 0 Å². The minimum atomic E-state index is -3.40. The summed E-state index contributed by atoms with van der Waals surface area (Å²) in [5.74, 6) is 0.348. The molecule has 0 N–H and O–H groups in total. The first kappa shape index (κ1) is 14.4. The Morgan fingerprint density at radius 1 is 1.15 bits per heavy atom. The van der Waals surface area contributed by atoms with Crippen LogP contribution in [-0.4, -0.2) is 31.2 Å². The van der Waals surface area contributed by atoms with E-state index in [-0.39, 0.29) is 6.04 Å². The summed E-state index contributed by atoms with van der Waals surface area (Å²) < 4.78 is 27.3. The maximum absolute atomic E-state index is 12.8. The lowest BCUT2D eigenvalue weighted by Gasteiger charge is -2.36. The second kappa shape index (κ2) is 5.66. The van der Waals surface area contributed by atoms with Gasteiger partial charge in [-0.15, -0.1) is 11.6 Å². The molecule has 2 aliphatic carbocycles. The van der Waals surface area contributed by atoms with Crippen LogP contribution in [0.1, 0.15) is 36.8 Å². The monoisotopic (exact) mass is 313 g/mol. The van der Waals surface area contributed by atoms with Gasteiger partial charge >= 0.3 is 0 Å². The molecule has 1 aromatic rings. The molecule has 2 aliphatic rings. The molecule has 0 saturated heterocycles. The summed E-state index contributed by atoms with van der Waals surface area (Å²) in [6.45, 7) is 0.408. The second-order valence-corrected chi connectivity index (χ2v) is 7.94. The molecule has 0 amide bonds. The normalized spacial score (nSPS) is 19.1. The second-order valence-electron chi connectivity index (χ2n) is 5.67. The Morgan fingerprint density at radius 3 is 2.55 bits per heavy atom. The van der Waals surface area contributed by atoms with E-state index in [1.807, 2.05) is 12.1 Å². The lowest BCUT2D eigenvalue weighted by molar-refractivity contribution is 0.227. The maximum Gasteiger partial charge on any atom is 0.243 e. The molecule has 0 spiro atoms. The topological polar surface area (TPSA) is 37.4 Å². The van der Waals surface area contributed by atoms with E-state index >= 15 is 0 Å². The third kappa shape index (κ3) is 2.49. The zero-order valence-electron chi connectivity index (χ0n) is 11.5. The highest BCUT2D eigenvalue weighted by Crippen LogP contribution is 2.31. The molecular formula is C15H20ClNO2S. The fraction of sp³-hybridized carbons (Fsp3) is 0.600. The zero-order valence-corrected chi connectivity index (χ0v) is 13.1. The molecule has 5 heteroatoms. The maximum atomic E-state index is 12.8. The first-order chi connectivity index (χ1) is 9.63. The number of alkyl halides is 1. The number of rotatable bonds is 5. The largest absolute Gasteiger partial charge is 0.243 e. The van der Waals surface area contributed by atoms with E-state index in [1.54, 1.807) is 10.4 Å². The molecule has 3 rings (SSSR count). The van der Waals surface area contributed by atoms with Crippen molar-refractivity contribution in [1.29, 1.82) is 0 Å². The summed E-state index contributed by atoms with van der Waals surface area (Å²) in [6, 6.07) is 5.76. The molecule has 1 fully saturated rings. The van der Waals surface area contributed by atoms with Crippen LogP contribution in [0.25, 0.3) is 0 Å². The van der Waals surface area contributed by atoms with Crippen molar-refractivity contribution in [3.63, 3.8) is 0 Å². The van der Waals surface area contributed by atoms with Crippen molar-refractivity contribution < 1.29 is 8.42 Å². The molecule has 0 aromatic heterocycles. The van der Waals surface area contributed by atoms with E-state index in [0.717, 1.165) is 38.5 Å². The number of halogens is 1. The van der Waals surface area contributed by atoms with E-state index in [1.165, 1.54) is 11.1 Å². The van der Waals surface area contributed by atoms with Gasteiger partial charge in [0.05, 0.1) is 4.90 Å². The molecule has 110 valence electrons. The highest BCUT2D eigenvalue weighted by Gasteiger charge is 2.34. The van der Waals surface area contributed by atoms with Gasteiger partial charge in [0.2, 0.25) is 10.0 Å². The highest BCUT2D eigenvalue weighted by molar-refractivity contribution is 7.89. The summed E-state index contributed by atoms with van der Waals surface area (Å²) in [5.41, 5.74) is 2.50. The Labute approximate surface area is 126 Å². The van der Waals surface area contributed by atoms with Crippen molar-refractivity contribution in [3.05, 3.63) is 29.3 Å². The van der Waals surface area contributed by atoms with Crippen molar-refractivity contribution in [2.45, 2.75) is 49.5 Å². The summed E-state index contributed by atoms with van der Waals surface area (Å²) in [4.78, 5) is 0.440. The predicted octanol–water partition coefficient (Wildman–Crippen LogP) is 2.96. The molecule has 0 unspecified atom stereocenters. The van der Waals surface area contributed by atoms with Crippen LogP contribution in [0.5, 0.6) is 0 Å². The van der Waals surface area contributed by atoms with Crippen molar-refractivity contribution in [1.82, 2.24) is 4.31 Å². The molecule has 1 aromatic carbocycles. The Balaban J connectivity index is 1.93. The van der Waals surface area contributed by atoms with Gasteiger partial charge in [0.1, 0.15) is 0 Å². The summed E-state index contributed by atoms with van der Waals surface area (Å²) in [7, 11) is -3.40. The van der Waals surface area contributed by atoms with E-state index in [4.69, 9.17) is 11.6 Å². The lowest BCUT2D eigenvalue weighted by Crippen LogP contribution is -2.45. The number of sulfonamides is 1. The third-order valence-corrected chi connectivity index (χ3v) is 6.58. The van der Waals surface area contributed by atoms with Gasteiger partial charge in [0.15, 0.2) is 0 Å². The predicted molar refractivity (Wildman–Crippen MR) is 80.7 cm³/mol. The highest BCUT2D eigenvalue weighted by atomic mass is 35.5. The standard InChI is InChI=1S/C15H20ClNO2S/c16-9-10-17(14-5-2-6-14)20(18,19)15-8-7-12-3-1-4-13(12)11-15/h7-8,11,14H,1-6,9-10H2. The van der Waals surface area contributed by atoms with Gasteiger partial charge in [-0.3, -0.25) is 0 Å². The zero-order chi connectivity index (χ0) is 14.2. The molecule has 0 radical (unpaired) electrons. The minimum Gasteiger partial charge on any atom is -0.207 e. The first-order valence-corrected chi connectivity index (χ1v) is 9.30. The van der Waals surface area contributed by atoms with Crippen LogP contribution in [0.3, 0.4) is 0 Å². The average molecular weight is 314 g/mol.